The smallest absolute Gasteiger partial charge is 0.267 e. The topological polar surface area (TPSA) is 84.8 Å². The molecule has 3 atom stereocenters. The molecule has 4 rings (SSSR count). The second-order valence-corrected chi connectivity index (χ2v) is 12.7. The highest BCUT2D eigenvalue weighted by Gasteiger charge is 2.44. The van der Waals surface area contributed by atoms with E-state index < -0.39 is 33.4 Å². The second-order valence-electron chi connectivity index (χ2n) is 9.70. The van der Waals surface area contributed by atoms with Gasteiger partial charge in [0.25, 0.3) is 11.3 Å². The van der Waals surface area contributed by atoms with Gasteiger partial charge in [0.2, 0.25) is 10.0 Å². The van der Waals surface area contributed by atoms with E-state index in [0.717, 1.165) is 47.9 Å². The zero-order chi connectivity index (χ0) is 24.5. The summed E-state index contributed by atoms with van der Waals surface area (Å²) in [5, 5.41) is 0.678. The van der Waals surface area contributed by atoms with E-state index in [2.05, 4.69) is 23.0 Å². The van der Waals surface area contributed by atoms with Gasteiger partial charge in [0, 0.05) is 22.6 Å². The molecular formula is C25H31ClN2O4S2. The summed E-state index contributed by atoms with van der Waals surface area (Å²) in [5.74, 6) is 0.330. The van der Waals surface area contributed by atoms with Gasteiger partial charge in [-0.25, -0.2) is 17.3 Å². The van der Waals surface area contributed by atoms with Gasteiger partial charge in [-0.15, -0.1) is 0 Å². The van der Waals surface area contributed by atoms with Gasteiger partial charge < -0.3 is 0 Å². The zero-order valence-corrected chi connectivity index (χ0v) is 22.0. The fraction of sp³-hybridized carbons (Fsp3) is 0.480. The second kappa shape index (κ2) is 10.2. The quantitative estimate of drug-likeness (QED) is 0.466. The molecule has 1 N–H and O–H groups in total. The highest BCUT2D eigenvalue weighted by Crippen LogP contribution is 2.47. The van der Waals surface area contributed by atoms with Crippen LogP contribution < -0.4 is 4.72 Å². The zero-order valence-electron chi connectivity index (χ0n) is 19.7. The van der Waals surface area contributed by atoms with Crippen molar-refractivity contribution in [3.63, 3.8) is 0 Å². The van der Waals surface area contributed by atoms with Crippen LogP contribution in [0.4, 0.5) is 0 Å². The van der Waals surface area contributed by atoms with Crippen LogP contribution in [0.1, 0.15) is 62.3 Å². The van der Waals surface area contributed by atoms with Crippen molar-refractivity contribution in [2.45, 2.75) is 63.5 Å². The summed E-state index contributed by atoms with van der Waals surface area (Å²) in [5.41, 5.74) is 3.56. The lowest BCUT2D eigenvalue weighted by molar-refractivity contribution is 0.199. The van der Waals surface area contributed by atoms with Crippen LogP contribution in [-0.4, -0.2) is 30.7 Å². The van der Waals surface area contributed by atoms with E-state index in [4.69, 9.17) is 15.8 Å². The number of fused-ring (bicyclic) bond motifs is 1. The summed E-state index contributed by atoms with van der Waals surface area (Å²) in [7, 11) is -3.49. The molecule has 184 valence electrons. The fourth-order valence-corrected chi connectivity index (χ4v) is 6.71. The molecule has 0 aliphatic heterocycles. The first-order valence-corrected chi connectivity index (χ1v) is 14.9. The van der Waals surface area contributed by atoms with Crippen molar-refractivity contribution in [2.75, 3.05) is 6.26 Å². The van der Waals surface area contributed by atoms with Gasteiger partial charge in [0.15, 0.2) is 0 Å². The summed E-state index contributed by atoms with van der Waals surface area (Å²) in [6.07, 6.45) is 4.62. The van der Waals surface area contributed by atoms with Crippen molar-refractivity contribution in [2.24, 2.45) is 10.3 Å². The van der Waals surface area contributed by atoms with Gasteiger partial charge >= 0.3 is 0 Å². The molecule has 1 fully saturated rings. The average molecular weight is 523 g/mol. The van der Waals surface area contributed by atoms with Gasteiger partial charge in [0.05, 0.1) is 12.3 Å². The molecule has 0 saturated heterocycles. The molecule has 9 heteroatoms. The molecule has 6 nitrogen and oxygen atoms in total. The van der Waals surface area contributed by atoms with Crippen LogP contribution in [0.2, 0.25) is 5.02 Å². The largest absolute Gasteiger partial charge is 0.284 e. The van der Waals surface area contributed by atoms with Gasteiger partial charge in [-0.2, -0.15) is 4.40 Å². The summed E-state index contributed by atoms with van der Waals surface area (Å²) >= 11 is 4.16. The molecule has 0 bridgehead atoms. The molecule has 0 unspecified atom stereocenters. The SMILES string of the molecule is CC(C)C/C(=N/[S@](=O)O[C@H]1Cc2ccccc2[C@H]1NS(C)(=O)=O)C1(c2ccc(Cl)cc2)CCC1. The van der Waals surface area contributed by atoms with Crippen molar-refractivity contribution in [1.29, 1.82) is 0 Å². The van der Waals surface area contributed by atoms with Crippen molar-refractivity contribution in [3.05, 3.63) is 70.2 Å². The summed E-state index contributed by atoms with van der Waals surface area (Å²) in [6.45, 7) is 4.24. The predicted octanol–water partition coefficient (Wildman–Crippen LogP) is 5.06. The van der Waals surface area contributed by atoms with E-state index in [1.807, 2.05) is 48.5 Å². The first kappa shape index (κ1) is 25.5. The number of nitrogens with one attached hydrogen (secondary N) is 1. The Kier molecular flexibility index (Phi) is 7.64. The molecule has 2 aromatic rings. The van der Waals surface area contributed by atoms with Gasteiger partial charge in [-0.05, 0) is 54.0 Å². The molecule has 0 amide bonds. The Labute approximate surface area is 210 Å². The van der Waals surface area contributed by atoms with E-state index in [-0.39, 0.29) is 5.41 Å². The third-order valence-corrected chi connectivity index (χ3v) is 8.39. The van der Waals surface area contributed by atoms with Crippen molar-refractivity contribution in [3.8, 4) is 0 Å². The summed E-state index contributed by atoms with van der Waals surface area (Å²) in [6, 6.07) is 14.8. The number of sulfonamides is 1. The average Bonchev–Trinajstić information content (AvgIpc) is 3.03. The molecule has 0 aromatic heterocycles. The van der Waals surface area contributed by atoms with Crippen LogP contribution in [0.15, 0.2) is 52.9 Å². The highest BCUT2D eigenvalue weighted by atomic mass is 35.5. The Hall–Kier alpha value is -1.58. The molecule has 2 aliphatic carbocycles. The monoisotopic (exact) mass is 522 g/mol. The van der Waals surface area contributed by atoms with Crippen LogP contribution in [0.5, 0.6) is 0 Å². The van der Waals surface area contributed by atoms with Gasteiger partial charge in [0.1, 0.15) is 6.10 Å². The third-order valence-electron chi connectivity index (χ3n) is 6.67. The molecule has 34 heavy (non-hydrogen) atoms. The molecule has 1 saturated carbocycles. The number of hydrogen-bond donors (Lipinski definition) is 1. The molecule has 2 aromatic carbocycles. The number of halogens is 1. The minimum absolute atomic E-state index is 0.267. The standard InChI is InChI=1S/C25H31ClN2O4S2/c1-17(2)15-23(25(13-6-14-25)19-9-11-20(26)12-10-19)27-33(29)32-22-16-18-7-4-5-8-21(18)24(22)28-34(3,30)31/h4-5,7-12,17,22,24,28H,6,13-16H2,1-3H3/b27-23-/t22-,24+,33+/m0/s1. The van der Waals surface area contributed by atoms with Crippen LogP contribution in [0.3, 0.4) is 0 Å². The first-order chi connectivity index (χ1) is 16.1. The fourth-order valence-electron chi connectivity index (χ4n) is 4.98. The number of nitrogens with zero attached hydrogens (tertiary/aromatic N) is 1. The minimum Gasteiger partial charge on any atom is -0.267 e. The van der Waals surface area contributed by atoms with Crippen LogP contribution in [0, 0.1) is 5.92 Å². The van der Waals surface area contributed by atoms with Crippen molar-refractivity contribution in [1.82, 2.24) is 4.72 Å². The van der Waals surface area contributed by atoms with Gasteiger partial charge in [-0.1, -0.05) is 68.3 Å². The molecule has 0 spiro atoms. The Bertz CT molecular complexity index is 1190. The molecular weight excluding hydrogens is 492 g/mol. The Morgan fingerprint density at radius 2 is 1.88 bits per heavy atom. The number of hydrogen-bond acceptors (Lipinski definition) is 4. The van der Waals surface area contributed by atoms with Crippen molar-refractivity contribution < 1.29 is 16.8 Å². The normalized spacial score (nSPS) is 22.9. The maximum atomic E-state index is 13.2. The lowest BCUT2D eigenvalue weighted by Crippen LogP contribution is -2.43. The summed E-state index contributed by atoms with van der Waals surface area (Å²) in [4.78, 5) is 0. The van der Waals surface area contributed by atoms with Crippen molar-refractivity contribution >= 4 is 38.6 Å². The van der Waals surface area contributed by atoms with Crippen LogP contribution in [-0.2, 0) is 37.3 Å². The van der Waals surface area contributed by atoms with Gasteiger partial charge in [-0.3, -0.25) is 4.18 Å². The summed E-state index contributed by atoms with van der Waals surface area (Å²) < 4.78 is 50.4. The lowest BCUT2D eigenvalue weighted by atomic mass is 9.60. The highest BCUT2D eigenvalue weighted by molar-refractivity contribution is 7.88. The Balaban J connectivity index is 1.61. The third kappa shape index (κ3) is 5.62. The predicted molar refractivity (Wildman–Crippen MR) is 138 cm³/mol. The molecule has 0 radical (unpaired) electrons. The molecule has 2 aliphatic rings. The molecule has 0 heterocycles. The lowest BCUT2D eigenvalue weighted by Gasteiger charge is -2.44. The first-order valence-electron chi connectivity index (χ1n) is 11.6. The number of rotatable bonds is 9. The van der Waals surface area contributed by atoms with E-state index in [1.54, 1.807) is 0 Å². The van der Waals surface area contributed by atoms with Crippen LogP contribution >= 0.6 is 11.6 Å². The maximum Gasteiger partial charge on any atom is 0.284 e. The number of benzene rings is 2. The van der Waals surface area contributed by atoms with E-state index in [0.29, 0.717) is 23.8 Å². The van der Waals surface area contributed by atoms with E-state index in [9.17, 15) is 12.6 Å². The minimum atomic E-state index is -3.49. The Morgan fingerprint density at radius 1 is 1.21 bits per heavy atom. The Morgan fingerprint density at radius 3 is 2.47 bits per heavy atom. The maximum absolute atomic E-state index is 13.2. The van der Waals surface area contributed by atoms with Crippen LogP contribution in [0.25, 0.3) is 0 Å². The van der Waals surface area contributed by atoms with E-state index in [1.165, 1.54) is 0 Å². The van der Waals surface area contributed by atoms with E-state index >= 15 is 0 Å².